The number of halogens is 4. The first-order valence-electron chi connectivity index (χ1n) is 9.28. The molecule has 1 heterocycles. The van der Waals surface area contributed by atoms with E-state index in [9.17, 15) is 4.79 Å². The normalized spacial score (nSPS) is 11.2. The molecule has 5 nitrogen and oxygen atoms in total. The lowest BCUT2D eigenvalue weighted by Crippen LogP contribution is -2.16. The summed E-state index contributed by atoms with van der Waals surface area (Å²) in [5.41, 5.74) is 4.58. The van der Waals surface area contributed by atoms with Gasteiger partial charge in [-0.05, 0) is 63.5 Å². The molecule has 0 atom stereocenters. The van der Waals surface area contributed by atoms with Crippen LogP contribution in [0.15, 0.2) is 74.7 Å². The molecule has 32 heavy (non-hydrogen) atoms. The molecule has 0 bridgehead atoms. The van der Waals surface area contributed by atoms with Gasteiger partial charge in [-0.1, -0.05) is 59.1 Å². The minimum absolute atomic E-state index is 0.175. The van der Waals surface area contributed by atoms with Gasteiger partial charge in [-0.3, -0.25) is 4.79 Å². The molecule has 4 rings (SSSR count). The highest BCUT2D eigenvalue weighted by molar-refractivity contribution is 9.10. The van der Waals surface area contributed by atoms with Crippen molar-refractivity contribution in [1.29, 1.82) is 0 Å². The number of hydrogen-bond donors (Lipinski definition) is 1. The van der Waals surface area contributed by atoms with E-state index in [4.69, 9.17) is 44.0 Å². The Labute approximate surface area is 207 Å². The van der Waals surface area contributed by atoms with Crippen molar-refractivity contribution < 1.29 is 13.9 Å². The van der Waals surface area contributed by atoms with Crippen LogP contribution in [-0.2, 0) is 6.61 Å². The Morgan fingerprint density at radius 3 is 2.59 bits per heavy atom. The number of carbonyl (C=O) groups excluding carboxylic acids is 1. The first kappa shape index (κ1) is 22.7. The Morgan fingerprint density at radius 1 is 1.03 bits per heavy atom. The predicted octanol–water partition coefficient (Wildman–Crippen LogP) is 7.50. The summed E-state index contributed by atoms with van der Waals surface area (Å²) in [7, 11) is 0. The molecule has 0 saturated heterocycles. The minimum atomic E-state index is -0.454. The largest absolute Gasteiger partial charge is 0.486 e. The molecule has 0 radical (unpaired) electrons. The van der Waals surface area contributed by atoms with Gasteiger partial charge in [-0.15, -0.1) is 0 Å². The van der Waals surface area contributed by atoms with Crippen LogP contribution in [0.3, 0.4) is 0 Å². The lowest BCUT2D eigenvalue weighted by molar-refractivity contribution is 0.0929. The van der Waals surface area contributed by atoms with E-state index < -0.39 is 5.91 Å². The third-order valence-corrected chi connectivity index (χ3v) is 6.03. The first-order valence-corrected chi connectivity index (χ1v) is 11.2. The highest BCUT2D eigenvalue weighted by atomic mass is 79.9. The van der Waals surface area contributed by atoms with Crippen molar-refractivity contribution in [2.45, 2.75) is 6.61 Å². The number of fused-ring (bicyclic) bond motifs is 1. The fourth-order valence-electron chi connectivity index (χ4n) is 2.89. The Bertz CT molecular complexity index is 1280. The third-order valence-electron chi connectivity index (χ3n) is 4.42. The average Bonchev–Trinajstić information content (AvgIpc) is 3.20. The fraction of sp³-hybridized carbons (Fsp3) is 0.0435. The summed E-state index contributed by atoms with van der Waals surface area (Å²) < 4.78 is 12.0. The molecule has 3 aromatic carbocycles. The van der Waals surface area contributed by atoms with Crippen molar-refractivity contribution in [3.63, 3.8) is 0 Å². The van der Waals surface area contributed by atoms with E-state index in [-0.39, 0.29) is 12.4 Å². The summed E-state index contributed by atoms with van der Waals surface area (Å²) in [4.78, 5) is 12.3. The van der Waals surface area contributed by atoms with Gasteiger partial charge in [-0.25, -0.2) is 5.43 Å². The molecular formula is C23H14BrCl3N2O3. The van der Waals surface area contributed by atoms with Crippen molar-refractivity contribution >= 4 is 73.8 Å². The van der Waals surface area contributed by atoms with E-state index in [1.54, 1.807) is 36.4 Å². The predicted molar refractivity (Wildman–Crippen MR) is 131 cm³/mol. The lowest BCUT2D eigenvalue weighted by Gasteiger charge is -2.11. The van der Waals surface area contributed by atoms with Gasteiger partial charge in [0.15, 0.2) is 11.5 Å². The number of nitrogens with zero attached hydrogens (tertiary/aromatic N) is 1. The molecule has 0 unspecified atom stereocenters. The van der Waals surface area contributed by atoms with Crippen LogP contribution in [0.1, 0.15) is 21.7 Å². The number of furan rings is 1. The molecule has 1 amide bonds. The van der Waals surface area contributed by atoms with Gasteiger partial charge in [0.2, 0.25) is 0 Å². The number of benzene rings is 3. The van der Waals surface area contributed by atoms with Gasteiger partial charge < -0.3 is 9.15 Å². The van der Waals surface area contributed by atoms with Crippen LogP contribution in [0.25, 0.3) is 11.0 Å². The van der Waals surface area contributed by atoms with Crippen molar-refractivity contribution in [3.05, 3.63) is 97.1 Å². The highest BCUT2D eigenvalue weighted by Crippen LogP contribution is 2.35. The van der Waals surface area contributed by atoms with E-state index >= 15 is 0 Å². The van der Waals surface area contributed by atoms with Crippen LogP contribution >= 0.6 is 50.7 Å². The number of nitrogens with one attached hydrogen (secondary N) is 1. The second kappa shape index (κ2) is 9.96. The topological polar surface area (TPSA) is 63.8 Å². The first-order chi connectivity index (χ1) is 15.4. The molecule has 162 valence electrons. The molecular weight excluding hydrogens is 539 g/mol. The van der Waals surface area contributed by atoms with Crippen LogP contribution in [0.5, 0.6) is 5.75 Å². The molecule has 1 N–H and O–H groups in total. The van der Waals surface area contributed by atoms with E-state index in [1.165, 1.54) is 6.21 Å². The zero-order valence-electron chi connectivity index (χ0n) is 16.2. The Hall–Kier alpha value is -2.51. The maximum absolute atomic E-state index is 12.3. The summed E-state index contributed by atoms with van der Waals surface area (Å²) >= 11 is 21.8. The van der Waals surface area contributed by atoms with Gasteiger partial charge >= 0.3 is 5.91 Å². The number of amides is 1. The minimum Gasteiger partial charge on any atom is -0.486 e. The number of hydrazone groups is 1. The molecule has 4 aromatic rings. The molecule has 0 aliphatic carbocycles. The Morgan fingerprint density at radius 2 is 1.84 bits per heavy atom. The van der Waals surface area contributed by atoms with Crippen LogP contribution in [0.4, 0.5) is 0 Å². The number of rotatable bonds is 6. The lowest BCUT2D eigenvalue weighted by atomic mass is 10.2. The molecule has 1 aromatic heterocycles. The van der Waals surface area contributed by atoms with Crippen molar-refractivity contribution in [3.8, 4) is 5.75 Å². The zero-order chi connectivity index (χ0) is 22.7. The molecule has 0 aliphatic heterocycles. The Balaban J connectivity index is 1.41. The van der Waals surface area contributed by atoms with Crippen LogP contribution < -0.4 is 10.2 Å². The number of para-hydroxylation sites is 1. The summed E-state index contributed by atoms with van der Waals surface area (Å²) in [6.07, 6.45) is 1.47. The van der Waals surface area contributed by atoms with E-state index in [0.29, 0.717) is 36.4 Å². The molecule has 0 spiro atoms. The van der Waals surface area contributed by atoms with E-state index in [0.717, 1.165) is 10.9 Å². The van der Waals surface area contributed by atoms with Gasteiger partial charge in [0.1, 0.15) is 12.2 Å². The van der Waals surface area contributed by atoms with Crippen molar-refractivity contribution in [1.82, 2.24) is 5.43 Å². The fourth-order valence-corrected chi connectivity index (χ4v) is 4.20. The smallest absolute Gasteiger partial charge is 0.307 e. The van der Waals surface area contributed by atoms with Gasteiger partial charge in [0.05, 0.1) is 25.8 Å². The quantitative estimate of drug-likeness (QED) is 0.199. The van der Waals surface area contributed by atoms with Crippen LogP contribution in [0.2, 0.25) is 15.1 Å². The Kier molecular flexibility index (Phi) is 7.06. The summed E-state index contributed by atoms with van der Waals surface area (Å²) in [5, 5.41) is 6.13. The number of ether oxygens (including phenoxy) is 1. The van der Waals surface area contributed by atoms with E-state index in [1.807, 2.05) is 24.3 Å². The zero-order valence-corrected chi connectivity index (χ0v) is 20.1. The second-order valence-electron chi connectivity index (χ2n) is 6.70. The third kappa shape index (κ3) is 5.27. The monoisotopic (exact) mass is 550 g/mol. The van der Waals surface area contributed by atoms with Crippen molar-refractivity contribution in [2.24, 2.45) is 5.10 Å². The molecule has 0 saturated carbocycles. The molecule has 0 aliphatic rings. The second-order valence-corrected chi connectivity index (χ2v) is 8.77. The summed E-state index contributed by atoms with van der Waals surface area (Å²) in [6, 6.07) is 17.7. The van der Waals surface area contributed by atoms with E-state index in [2.05, 4.69) is 26.5 Å². The van der Waals surface area contributed by atoms with Crippen molar-refractivity contribution in [2.75, 3.05) is 0 Å². The van der Waals surface area contributed by atoms with Gasteiger partial charge in [-0.2, -0.15) is 5.10 Å². The van der Waals surface area contributed by atoms with Crippen LogP contribution in [0, 0.1) is 0 Å². The summed E-state index contributed by atoms with van der Waals surface area (Å²) in [6.45, 7) is 0.260. The van der Waals surface area contributed by atoms with Gasteiger partial charge in [0.25, 0.3) is 0 Å². The number of hydrogen-bond acceptors (Lipinski definition) is 4. The number of carbonyl (C=O) groups is 1. The maximum Gasteiger partial charge on any atom is 0.307 e. The molecule has 9 heteroatoms. The SMILES string of the molecule is O=C(N/N=C/c1cc(Cl)c(OCc2ccc(Cl)c(Cl)c2)c(Br)c1)c1cc2ccccc2o1. The summed E-state index contributed by atoms with van der Waals surface area (Å²) in [5.74, 6) is 0.194. The van der Waals surface area contributed by atoms with Crippen LogP contribution in [-0.4, -0.2) is 12.1 Å². The highest BCUT2D eigenvalue weighted by Gasteiger charge is 2.12. The molecule has 0 fully saturated rings. The average molecular weight is 553 g/mol. The standard InChI is InChI=1S/C23H14BrCl3N2O3/c24-16-7-14(9-19(27)22(16)31-12-13-5-6-17(25)18(26)8-13)11-28-29-23(30)21-10-15-3-1-2-4-20(15)32-21/h1-11H,12H2,(H,29,30)/b28-11+. The van der Waals surface area contributed by atoms with Gasteiger partial charge in [0, 0.05) is 5.39 Å². The maximum atomic E-state index is 12.3.